The molecule has 7 heteroatoms. The molecule has 0 aliphatic heterocycles. The highest BCUT2D eigenvalue weighted by Gasteiger charge is 2.07. The lowest BCUT2D eigenvalue weighted by atomic mass is 10.2. The van der Waals surface area contributed by atoms with Crippen LogP contribution in [0, 0.1) is 0 Å². The van der Waals surface area contributed by atoms with E-state index in [0.717, 1.165) is 22.7 Å². The highest BCUT2D eigenvalue weighted by Crippen LogP contribution is 2.25. The summed E-state index contributed by atoms with van der Waals surface area (Å²) in [6.07, 6.45) is 1.57. The molecule has 4 rings (SSSR count). The zero-order valence-corrected chi connectivity index (χ0v) is 16.2. The second-order valence-corrected chi connectivity index (χ2v) is 6.61. The van der Waals surface area contributed by atoms with Crippen LogP contribution in [0.25, 0.3) is 0 Å². The summed E-state index contributed by atoms with van der Waals surface area (Å²) in [5.41, 5.74) is 15.0. The van der Waals surface area contributed by atoms with Crippen molar-refractivity contribution in [3.63, 3.8) is 0 Å². The summed E-state index contributed by atoms with van der Waals surface area (Å²) < 4.78 is 5.81. The minimum absolute atomic E-state index is 0.435. The minimum atomic E-state index is 0.435. The molecule has 0 bridgehead atoms. The highest BCUT2D eigenvalue weighted by molar-refractivity contribution is 5.64. The van der Waals surface area contributed by atoms with Gasteiger partial charge in [0.05, 0.1) is 11.9 Å². The zero-order valence-electron chi connectivity index (χ0n) is 16.2. The maximum absolute atomic E-state index is 6.02. The summed E-state index contributed by atoms with van der Waals surface area (Å²) in [4.78, 5) is 8.73. The summed E-state index contributed by atoms with van der Waals surface area (Å²) >= 11 is 0. The van der Waals surface area contributed by atoms with Crippen molar-refractivity contribution in [2.75, 3.05) is 22.1 Å². The molecule has 0 radical (unpaired) electrons. The van der Waals surface area contributed by atoms with Gasteiger partial charge in [-0.1, -0.05) is 36.4 Å². The van der Waals surface area contributed by atoms with Gasteiger partial charge in [-0.2, -0.15) is 4.98 Å². The van der Waals surface area contributed by atoms with E-state index in [1.54, 1.807) is 6.20 Å². The SMILES string of the molecule is Nc1ccccc1CNc1nc(Nc2ccc(Oc3ccccc3)cc2)ncc1N. The van der Waals surface area contributed by atoms with E-state index in [1.165, 1.54) is 0 Å². The topological polar surface area (TPSA) is 111 Å². The average Bonchev–Trinajstić information content (AvgIpc) is 2.77. The first-order valence-corrected chi connectivity index (χ1v) is 9.47. The monoisotopic (exact) mass is 398 g/mol. The second-order valence-electron chi connectivity index (χ2n) is 6.61. The van der Waals surface area contributed by atoms with E-state index >= 15 is 0 Å². The molecule has 0 fully saturated rings. The fraction of sp³-hybridized carbons (Fsp3) is 0.0435. The molecule has 1 heterocycles. The van der Waals surface area contributed by atoms with Crippen LogP contribution in [0.3, 0.4) is 0 Å². The molecule has 30 heavy (non-hydrogen) atoms. The summed E-state index contributed by atoms with van der Waals surface area (Å²) in [7, 11) is 0. The number of nitrogens with two attached hydrogens (primary N) is 2. The van der Waals surface area contributed by atoms with Crippen molar-refractivity contribution >= 4 is 28.8 Å². The van der Waals surface area contributed by atoms with Gasteiger partial charge in [-0.05, 0) is 48.0 Å². The molecule has 0 unspecified atom stereocenters. The van der Waals surface area contributed by atoms with E-state index in [4.69, 9.17) is 16.2 Å². The van der Waals surface area contributed by atoms with Gasteiger partial charge in [-0.25, -0.2) is 4.98 Å². The minimum Gasteiger partial charge on any atom is -0.457 e. The van der Waals surface area contributed by atoms with Crippen molar-refractivity contribution in [3.05, 3.63) is 90.6 Å². The third kappa shape index (κ3) is 4.77. The van der Waals surface area contributed by atoms with Gasteiger partial charge >= 0.3 is 0 Å². The van der Waals surface area contributed by atoms with Crippen LogP contribution < -0.4 is 26.8 Å². The molecule has 0 aliphatic rings. The lowest BCUT2D eigenvalue weighted by Gasteiger charge is -2.12. The maximum Gasteiger partial charge on any atom is 0.229 e. The molecule has 7 nitrogen and oxygen atoms in total. The number of hydrogen-bond acceptors (Lipinski definition) is 7. The Balaban J connectivity index is 1.42. The summed E-state index contributed by atoms with van der Waals surface area (Å²) in [6.45, 7) is 0.513. The van der Waals surface area contributed by atoms with Crippen molar-refractivity contribution in [1.82, 2.24) is 9.97 Å². The molecule has 4 aromatic rings. The largest absolute Gasteiger partial charge is 0.457 e. The average molecular weight is 398 g/mol. The van der Waals surface area contributed by atoms with Crippen molar-refractivity contribution in [1.29, 1.82) is 0 Å². The van der Waals surface area contributed by atoms with Gasteiger partial charge in [0.15, 0.2) is 5.82 Å². The second kappa shape index (κ2) is 8.83. The molecule has 6 N–H and O–H groups in total. The summed E-state index contributed by atoms with van der Waals surface area (Å²) in [5, 5.41) is 6.39. The predicted molar refractivity (Wildman–Crippen MR) is 121 cm³/mol. The maximum atomic E-state index is 6.02. The quantitative estimate of drug-likeness (QED) is 0.331. The first kappa shape index (κ1) is 19.1. The van der Waals surface area contributed by atoms with E-state index in [-0.39, 0.29) is 0 Å². The number of nitrogens with zero attached hydrogens (tertiary/aromatic N) is 2. The molecule has 0 atom stereocenters. The highest BCUT2D eigenvalue weighted by atomic mass is 16.5. The Bertz CT molecular complexity index is 1120. The number of nitrogen functional groups attached to an aromatic ring is 2. The van der Waals surface area contributed by atoms with Gasteiger partial charge in [0, 0.05) is 17.9 Å². The number of nitrogens with one attached hydrogen (secondary N) is 2. The van der Waals surface area contributed by atoms with E-state index in [2.05, 4.69) is 20.6 Å². The fourth-order valence-corrected chi connectivity index (χ4v) is 2.83. The van der Waals surface area contributed by atoms with Gasteiger partial charge in [0.25, 0.3) is 0 Å². The number of rotatable bonds is 7. The van der Waals surface area contributed by atoms with Crippen LogP contribution in [0.5, 0.6) is 11.5 Å². The molecule has 0 saturated heterocycles. The number of para-hydroxylation sites is 2. The Morgan fingerprint density at radius 2 is 1.47 bits per heavy atom. The lowest BCUT2D eigenvalue weighted by molar-refractivity contribution is 0.483. The van der Waals surface area contributed by atoms with Crippen molar-refractivity contribution < 1.29 is 4.74 Å². The van der Waals surface area contributed by atoms with E-state index in [0.29, 0.717) is 29.7 Å². The van der Waals surface area contributed by atoms with Crippen LogP contribution in [0.15, 0.2) is 85.1 Å². The van der Waals surface area contributed by atoms with Crippen LogP contribution in [-0.4, -0.2) is 9.97 Å². The molecule has 0 amide bonds. The predicted octanol–water partition coefficient (Wildman–Crippen LogP) is 4.79. The van der Waals surface area contributed by atoms with Crippen molar-refractivity contribution in [2.45, 2.75) is 6.54 Å². The van der Waals surface area contributed by atoms with Gasteiger partial charge in [-0.15, -0.1) is 0 Å². The Kier molecular flexibility index (Phi) is 5.61. The van der Waals surface area contributed by atoms with Gasteiger partial charge in [0.2, 0.25) is 5.95 Å². The summed E-state index contributed by atoms with van der Waals surface area (Å²) in [6, 6.07) is 24.8. The molecule has 3 aromatic carbocycles. The van der Waals surface area contributed by atoms with Gasteiger partial charge < -0.3 is 26.8 Å². The first-order valence-electron chi connectivity index (χ1n) is 9.47. The number of ether oxygens (including phenoxy) is 1. The Hall–Kier alpha value is -4.26. The molecular weight excluding hydrogens is 376 g/mol. The van der Waals surface area contributed by atoms with Gasteiger partial charge in [-0.3, -0.25) is 0 Å². The number of benzene rings is 3. The molecule has 0 aliphatic carbocycles. The normalized spacial score (nSPS) is 10.4. The van der Waals surface area contributed by atoms with Crippen molar-refractivity contribution in [3.8, 4) is 11.5 Å². The fourth-order valence-electron chi connectivity index (χ4n) is 2.83. The van der Waals surface area contributed by atoms with Crippen molar-refractivity contribution in [2.24, 2.45) is 0 Å². The standard InChI is InChI=1S/C23H22N6O/c24-20-9-5-4-6-16(20)14-26-22-21(25)15-27-23(29-22)28-17-10-12-19(13-11-17)30-18-7-2-1-3-8-18/h1-13,15H,14,24-25H2,(H2,26,27,28,29). The van der Waals surface area contributed by atoms with E-state index in [1.807, 2.05) is 78.9 Å². The number of anilines is 5. The number of hydrogen-bond donors (Lipinski definition) is 4. The van der Waals surface area contributed by atoms with Crippen LogP contribution in [0.4, 0.5) is 28.8 Å². The zero-order chi connectivity index (χ0) is 20.8. The van der Waals surface area contributed by atoms with Crippen LogP contribution in [0.1, 0.15) is 5.56 Å². The van der Waals surface area contributed by atoms with Gasteiger partial charge in [0.1, 0.15) is 11.5 Å². The molecular formula is C23H22N6O. The smallest absolute Gasteiger partial charge is 0.229 e. The summed E-state index contributed by atoms with van der Waals surface area (Å²) in [5.74, 6) is 2.51. The van der Waals surface area contributed by atoms with Crippen LogP contribution >= 0.6 is 0 Å². The third-order valence-electron chi connectivity index (χ3n) is 4.41. The number of aromatic nitrogens is 2. The Morgan fingerprint density at radius 1 is 0.767 bits per heavy atom. The van der Waals surface area contributed by atoms with E-state index in [9.17, 15) is 0 Å². The lowest BCUT2D eigenvalue weighted by Crippen LogP contribution is -2.08. The third-order valence-corrected chi connectivity index (χ3v) is 4.41. The first-order chi connectivity index (χ1) is 14.7. The van der Waals surface area contributed by atoms with Crippen LogP contribution in [-0.2, 0) is 6.54 Å². The Morgan fingerprint density at radius 3 is 2.23 bits per heavy atom. The van der Waals surface area contributed by atoms with Crippen LogP contribution in [0.2, 0.25) is 0 Å². The van der Waals surface area contributed by atoms with E-state index < -0.39 is 0 Å². The molecule has 150 valence electrons. The Labute approximate surface area is 174 Å². The molecule has 0 saturated carbocycles. The molecule has 0 spiro atoms. The molecule has 1 aromatic heterocycles.